The molecule has 1 N–H and O–H groups in total. The van der Waals surface area contributed by atoms with E-state index in [9.17, 15) is 10.1 Å². The lowest BCUT2D eigenvalue weighted by atomic mass is 10.0. The molecule has 120 valence electrons. The Morgan fingerprint density at radius 3 is 2.87 bits per heavy atom. The average Bonchev–Trinajstić information content (AvgIpc) is 3.12. The van der Waals surface area contributed by atoms with Crippen molar-refractivity contribution >= 4 is 23.4 Å². The van der Waals surface area contributed by atoms with Crippen molar-refractivity contribution in [2.45, 2.75) is 50.2 Å². The number of thioether (sulfide) groups is 1. The second-order valence-electron chi connectivity index (χ2n) is 5.89. The van der Waals surface area contributed by atoms with Crippen molar-refractivity contribution in [2.24, 2.45) is 0 Å². The smallest absolute Gasteiger partial charge is 0.256 e. The van der Waals surface area contributed by atoms with Crippen molar-refractivity contribution in [2.75, 3.05) is 5.75 Å². The fraction of sp³-hybridized carbons (Fsp3) is 0.533. The lowest BCUT2D eigenvalue weighted by Gasteiger charge is -2.21. The molecule has 0 saturated heterocycles. The molecule has 3 rings (SSSR count). The maximum absolute atomic E-state index is 12.2. The van der Waals surface area contributed by atoms with Crippen molar-refractivity contribution in [3.05, 3.63) is 17.5 Å². The summed E-state index contributed by atoms with van der Waals surface area (Å²) in [6.07, 6.45) is 3.44. The van der Waals surface area contributed by atoms with Gasteiger partial charge in [0.15, 0.2) is 5.16 Å². The lowest BCUT2D eigenvalue weighted by molar-refractivity contribution is -0.119. The number of nitriles is 1. The third-order valence-electron chi connectivity index (χ3n) is 4.05. The minimum absolute atomic E-state index is 0.145. The number of nitrogens with one attached hydrogen (secondary N) is 1. The molecule has 0 radical (unpaired) electrons. The van der Waals surface area contributed by atoms with Crippen LogP contribution in [0.2, 0.25) is 0 Å². The molecule has 8 heteroatoms. The molecule has 1 saturated carbocycles. The quantitative estimate of drug-likeness (QED) is 0.859. The average molecular weight is 330 g/mol. The number of carbonyl (C=O) groups excluding carboxylic acids is 1. The number of aromatic nitrogens is 4. The summed E-state index contributed by atoms with van der Waals surface area (Å²) in [4.78, 5) is 16.5. The van der Waals surface area contributed by atoms with Crippen LogP contribution in [0.25, 0.3) is 5.78 Å². The van der Waals surface area contributed by atoms with E-state index in [0.717, 1.165) is 37.1 Å². The lowest BCUT2D eigenvalue weighted by Crippen LogP contribution is -2.45. The molecule has 2 aromatic rings. The number of hydrogen-bond donors (Lipinski definition) is 1. The Morgan fingerprint density at radius 2 is 2.17 bits per heavy atom. The highest BCUT2D eigenvalue weighted by Crippen LogP contribution is 2.29. The molecule has 1 amide bonds. The Hall–Kier alpha value is -2.14. The summed E-state index contributed by atoms with van der Waals surface area (Å²) >= 11 is 1.31. The van der Waals surface area contributed by atoms with Crippen LogP contribution in [0, 0.1) is 25.2 Å². The van der Waals surface area contributed by atoms with Crippen molar-refractivity contribution in [1.29, 1.82) is 5.26 Å². The molecule has 0 spiro atoms. The topological polar surface area (TPSA) is 96.0 Å². The summed E-state index contributed by atoms with van der Waals surface area (Å²) in [5, 5.41) is 21.0. The zero-order valence-corrected chi connectivity index (χ0v) is 14.0. The van der Waals surface area contributed by atoms with Crippen molar-refractivity contribution in [3.8, 4) is 6.07 Å². The third kappa shape index (κ3) is 3.15. The molecule has 7 nitrogen and oxygen atoms in total. The van der Waals surface area contributed by atoms with Crippen LogP contribution in [-0.4, -0.2) is 36.8 Å². The van der Waals surface area contributed by atoms with Crippen LogP contribution in [0.1, 0.15) is 37.1 Å². The zero-order valence-electron chi connectivity index (χ0n) is 13.2. The van der Waals surface area contributed by atoms with Crippen molar-refractivity contribution in [3.63, 3.8) is 0 Å². The normalized spacial score (nSPS) is 16.4. The van der Waals surface area contributed by atoms with Gasteiger partial charge in [0.1, 0.15) is 5.54 Å². The van der Waals surface area contributed by atoms with Gasteiger partial charge in [-0.2, -0.15) is 5.26 Å². The summed E-state index contributed by atoms with van der Waals surface area (Å²) in [5.74, 6) is 0.597. The van der Waals surface area contributed by atoms with E-state index >= 15 is 0 Å². The summed E-state index contributed by atoms with van der Waals surface area (Å²) in [7, 11) is 0. The molecule has 0 aliphatic heterocycles. The highest BCUT2D eigenvalue weighted by atomic mass is 32.2. The largest absolute Gasteiger partial charge is 0.337 e. The monoisotopic (exact) mass is 330 g/mol. The van der Waals surface area contributed by atoms with Gasteiger partial charge in [0.2, 0.25) is 5.91 Å². The number of amides is 1. The van der Waals surface area contributed by atoms with Gasteiger partial charge in [-0.1, -0.05) is 11.8 Å². The van der Waals surface area contributed by atoms with E-state index in [1.54, 1.807) is 0 Å². The molecule has 0 atom stereocenters. The Balaban J connectivity index is 1.69. The number of nitrogens with zero attached hydrogens (tertiary/aromatic N) is 5. The molecule has 2 aromatic heterocycles. The van der Waals surface area contributed by atoms with Crippen LogP contribution in [0.5, 0.6) is 0 Å². The van der Waals surface area contributed by atoms with Crippen molar-refractivity contribution < 1.29 is 4.79 Å². The summed E-state index contributed by atoms with van der Waals surface area (Å²) in [6, 6.07) is 4.21. The molecule has 2 heterocycles. The number of carbonyl (C=O) groups is 1. The second-order valence-corrected chi connectivity index (χ2v) is 6.84. The van der Waals surface area contributed by atoms with E-state index < -0.39 is 5.54 Å². The summed E-state index contributed by atoms with van der Waals surface area (Å²) in [6.45, 7) is 3.86. The third-order valence-corrected chi connectivity index (χ3v) is 4.97. The van der Waals surface area contributed by atoms with E-state index in [-0.39, 0.29) is 11.7 Å². The highest BCUT2D eigenvalue weighted by Gasteiger charge is 2.35. The molecule has 23 heavy (non-hydrogen) atoms. The maximum Gasteiger partial charge on any atom is 0.256 e. The van der Waals surface area contributed by atoms with Crippen LogP contribution in [-0.2, 0) is 4.79 Å². The molecule has 0 aromatic carbocycles. The molecule has 1 aliphatic rings. The van der Waals surface area contributed by atoms with Gasteiger partial charge in [0, 0.05) is 11.4 Å². The van der Waals surface area contributed by atoms with Gasteiger partial charge in [-0.3, -0.25) is 9.20 Å². The van der Waals surface area contributed by atoms with E-state index in [0.29, 0.717) is 10.9 Å². The van der Waals surface area contributed by atoms with Gasteiger partial charge >= 0.3 is 0 Å². The molecule has 1 fully saturated rings. The van der Waals surface area contributed by atoms with Crippen LogP contribution < -0.4 is 5.32 Å². The molecular weight excluding hydrogens is 312 g/mol. The fourth-order valence-corrected chi connectivity index (χ4v) is 3.76. The molecule has 0 bridgehead atoms. The molecular formula is C15H18N6OS. The first kappa shape index (κ1) is 15.7. The van der Waals surface area contributed by atoms with Gasteiger partial charge in [0.05, 0.1) is 11.8 Å². The Kier molecular flexibility index (Phi) is 4.22. The zero-order chi connectivity index (χ0) is 16.4. The van der Waals surface area contributed by atoms with Crippen LogP contribution in [0.4, 0.5) is 0 Å². The summed E-state index contributed by atoms with van der Waals surface area (Å²) in [5.41, 5.74) is 1.18. The van der Waals surface area contributed by atoms with E-state index in [2.05, 4.69) is 26.6 Å². The predicted molar refractivity (Wildman–Crippen MR) is 85.9 cm³/mol. The first-order chi connectivity index (χ1) is 11.0. The predicted octanol–water partition coefficient (Wildman–Crippen LogP) is 1.79. The number of rotatable bonds is 4. The van der Waals surface area contributed by atoms with Crippen LogP contribution >= 0.6 is 11.8 Å². The second kappa shape index (κ2) is 6.16. The molecule has 1 aliphatic carbocycles. The number of hydrogen-bond acceptors (Lipinski definition) is 6. The highest BCUT2D eigenvalue weighted by molar-refractivity contribution is 7.99. The van der Waals surface area contributed by atoms with Gasteiger partial charge in [0.25, 0.3) is 5.78 Å². The maximum atomic E-state index is 12.2. The minimum Gasteiger partial charge on any atom is -0.337 e. The fourth-order valence-electron chi connectivity index (χ4n) is 2.97. The number of aryl methyl sites for hydroxylation is 2. The van der Waals surface area contributed by atoms with Gasteiger partial charge < -0.3 is 5.32 Å². The first-order valence-electron chi connectivity index (χ1n) is 7.57. The Morgan fingerprint density at radius 1 is 1.43 bits per heavy atom. The van der Waals surface area contributed by atoms with Crippen LogP contribution in [0.15, 0.2) is 11.2 Å². The standard InChI is InChI=1S/C15H18N6OS/c1-10-7-11(2)21-13(17-10)19-20-14(21)23-8-12(22)18-15(9-16)5-3-4-6-15/h7H,3-6,8H2,1-2H3,(H,18,22). The summed E-state index contributed by atoms with van der Waals surface area (Å²) < 4.78 is 1.83. The SMILES string of the molecule is Cc1cc(C)n2c(SCC(=O)NC3(C#N)CCCC3)nnc2n1. The molecule has 0 unspecified atom stereocenters. The van der Waals surface area contributed by atoms with E-state index in [1.807, 2.05) is 24.3 Å². The van der Waals surface area contributed by atoms with E-state index in [1.165, 1.54) is 11.8 Å². The first-order valence-corrected chi connectivity index (χ1v) is 8.56. The minimum atomic E-state index is -0.681. The van der Waals surface area contributed by atoms with Gasteiger partial charge in [-0.15, -0.1) is 10.2 Å². The Labute approximate surface area is 138 Å². The van der Waals surface area contributed by atoms with Gasteiger partial charge in [-0.05, 0) is 45.6 Å². The Bertz CT molecular complexity index is 787. The number of fused-ring (bicyclic) bond motifs is 1. The van der Waals surface area contributed by atoms with Crippen molar-refractivity contribution in [1.82, 2.24) is 24.9 Å². The van der Waals surface area contributed by atoms with Crippen LogP contribution in [0.3, 0.4) is 0 Å². The van der Waals surface area contributed by atoms with E-state index in [4.69, 9.17) is 0 Å². The van der Waals surface area contributed by atoms with Gasteiger partial charge in [-0.25, -0.2) is 4.98 Å².